The highest BCUT2D eigenvalue weighted by Crippen LogP contribution is 2.55. The van der Waals surface area contributed by atoms with Gasteiger partial charge in [-0.3, -0.25) is 0 Å². The fourth-order valence-corrected chi connectivity index (χ4v) is 7.64. The summed E-state index contributed by atoms with van der Waals surface area (Å²) in [5, 5.41) is 10.0. The number of ether oxygens (including phenoxy) is 2. The Kier molecular flexibility index (Phi) is 6.69. The molecule has 4 aliphatic rings. The zero-order valence-electron chi connectivity index (χ0n) is 19.5. The first-order chi connectivity index (χ1) is 16.7. The molecule has 3 fully saturated rings. The average Bonchev–Trinajstić information content (AvgIpc) is 3.45. The van der Waals surface area contributed by atoms with Crippen LogP contribution in [-0.4, -0.2) is 39.3 Å². The molecule has 2 unspecified atom stereocenters. The number of sulfonamides is 1. The quantitative estimate of drug-likeness (QED) is 0.457. The van der Waals surface area contributed by atoms with Crippen LogP contribution in [0.3, 0.4) is 0 Å². The summed E-state index contributed by atoms with van der Waals surface area (Å²) in [5.41, 5.74) is 3.64. The zero-order valence-corrected chi connectivity index (χ0v) is 21.8. The lowest BCUT2D eigenvalue weighted by molar-refractivity contribution is 0.182. The first kappa shape index (κ1) is 24.7. The largest absolute Gasteiger partial charge is 0.493 e. The third-order valence-electron chi connectivity index (χ3n) is 7.60. The number of nitrogens with zero attached hydrogens (tertiary/aromatic N) is 1. The van der Waals surface area contributed by atoms with Gasteiger partial charge in [-0.2, -0.15) is 5.26 Å². The Morgan fingerprint density at radius 1 is 1.20 bits per heavy atom. The van der Waals surface area contributed by atoms with Gasteiger partial charge in [0.2, 0.25) is 10.0 Å². The molecule has 0 radical (unpaired) electrons. The van der Waals surface area contributed by atoms with Gasteiger partial charge in [-0.05, 0) is 84.9 Å². The summed E-state index contributed by atoms with van der Waals surface area (Å²) in [4.78, 5) is 0. The molecular weight excluding hydrogens is 507 g/mol. The van der Waals surface area contributed by atoms with Crippen LogP contribution in [0.25, 0.3) is 0 Å². The van der Waals surface area contributed by atoms with E-state index < -0.39 is 10.0 Å². The summed E-state index contributed by atoms with van der Waals surface area (Å²) in [6.07, 6.45) is 5.74. The number of hydrogen-bond donors (Lipinski definition) is 1. The highest BCUT2D eigenvalue weighted by molar-refractivity contribution is 7.88. The van der Waals surface area contributed by atoms with Crippen LogP contribution >= 0.6 is 23.2 Å². The summed E-state index contributed by atoms with van der Waals surface area (Å²) in [7, 11) is -3.20. The van der Waals surface area contributed by atoms with Crippen molar-refractivity contribution in [2.75, 3.05) is 25.3 Å². The maximum absolute atomic E-state index is 11.7. The Labute approximate surface area is 216 Å². The van der Waals surface area contributed by atoms with Crippen molar-refractivity contribution < 1.29 is 17.9 Å². The van der Waals surface area contributed by atoms with Gasteiger partial charge in [0, 0.05) is 11.5 Å². The molecule has 0 saturated heterocycles. The lowest BCUT2D eigenvalue weighted by atomic mass is 9.77. The number of hydrogen-bond acceptors (Lipinski definition) is 5. The van der Waals surface area contributed by atoms with E-state index in [-0.39, 0.29) is 11.5 Å². The van der Waals surface area contributed by atoms with Gasteiger partial charge in [0.05, 0.1) is 29.3 Å². The monoisotopic (exact) mass is 534 g/mol. The Balaban J connectivity index is 1.26. The standard InChI is InChI=1S/C26H28Cl2N2O4S/c1-35(31,32)30-26-11-19(12-26)20(13-26)15-34-21-3-5-22-16(9-21)2-4-23(22)17-8-18(14-29)25(24(28)10-17)33-7-6-27/h3,5,8-10,19-20,23,30H,2,4,6-7,11-13,15H2,1H3. The van der Waals surface area contributed by atoms with E-state index in [1.165, 1.54) is 17.4 Å². The lowest BCUT2D eigenvalue weighted by Crippen LogP contribution is -2.51. The van der Waals surface area contributed by atoms with E-state index in [4.69, 9.17) is 32.7 Å². The molecule has 186 valence electrons. The SMILES string of the molecule is CS(=O)(=O)NC12CC(COc3ccc4c(c3)CCC4c3cc(Cl)c(OCCCl)c(C#N)c3)C(C1)C2. The fraction of sp³-hybridized carbons (Fsp3) is 0.500. The van der Waals surface area contributed by atoms with E-state index >= 15 is 0 Å². The molecule has 2 aromatic rings. The zero-order chi connectivity index (χ0) is 24.8. The maximum atomic E-state index is 11.7. The molecule has 0 spiro atoms. The lowest BCUT2D eigenvalue weighted by Gasteiger charge is -2.38. The van der Waals surface area contributed by atoms with E-state index in [0.717, 1.165) is 43.4 Å². The summed E-state index contributed by atoms with van der Waals surface area (Å²) >= 11 is 12.2. The molecule has 4 aliphatic carbocycles. The summed E-state index contributed by atoms with van der Waals surface area (Å²) in [5.74, 6) is 2.62. The van der Waals surface area contributed by atoms with Crippen molar-refractivity contribution in [3.05, 3.63) is 57.6 Å². The second kappa shape index (κ2) is 9.48. The summed E-state index contributed by atoms with van der Waals surface area (Å²) in [6, 6.07) is 12.2. The second-order valence-corrected chi connectivity index (χ2v) is 12.6. The number of rotatable bonds is 9. The van der Waals surface area contributed by atoms with Crippen molar-refractivity contribution in [3.8, 4) is 17.6 Å². The van der Waals surface area contributed by atoms with Crippen molar-refractivity contribution >= 4 is 33.2 Å². The molecule has 2 aromatic carbocycles. The predicted octanol–water partition coefficient (Wildman–Crippen LogP) is 5.00. The fourth-order valence-electron chi connectivity index (χ4n) is 6.24. The number of halogens is 2. The highest BCUT2D eigenvalue weighted by Gasteiger charge is 2.57. The van der Waals surface area contributed by atoms with Gasteiger partial charge >= 0.3 is 0 Å². The van der Waals surface area contributed by atoms with Gasteiger partial charge in [-0.25, -0.2) is 13.1 Å². The summed E-state index contributed by atoms with van der Waals surface area (Å²) < 4.78 is 37.9. The van der Waals surface area contributed by atoms with E-state index in [1.807, 2.05) is 18.2 Å². The topological polar surface area (TPSA) is 88.4 Å². The third-order valence-corrected chi connectivity index (χ3v) is 8.83. The van der Waals surface area contributed by atoms with Crippen molar-refractivity contribution in [2.45, 2.75) is 43.6 Å². The molecule has 6 nitrogen and oxygen atoms in total. The second-order valence-electron chi connectivity index (χ2n) is 10.1. The van der Waals surface area contributed by atoms with E-state index in [9.17, 15) is 13.7 Å². The normalized spacial score (nSPS) is 26.6. The van der Waals surface area contributed by atoms with Crippen LogP contribution in [0.5, 0.6) is 11.5 Å². The molecule has 2 bridgehead atoms. The number of aryl methyl sites for hydroxylation is 1. The van der Waals surface area contributed by atoms with Gasteiger partial charge in [0.25, 0.3) is 0 Å². The number of alkyl halides is 1. The molecule has 35 heavy (non-hydrogen) atoms. The Morgan fingerprint density at radius 3 is 2.71 bits per heavy atom. The Bertz CT molecular complexity index is 1280. The van der Waals surface area contributed by atoms with E-state index in [2.05, 4.69) is 22.9 Å². The van der Waals surface area contributed by atoms with Crippen molar-refractivity contribution in [2.24, 2.45) is 11.8 Å². The van der Waals surface area contributed by atoms with E-state index in [1.54, 1.807) is 0 Å². The van der Waals surface area contributed by atoms with Crippen LogP contribution in [0.2, 0.25) is 5.02 Å². The summed E-state index contributed by atoms with van der Waals surface area (Å²) in [6.45, 7) is 0.895. The number of nitriles is 1. The Morgan fingerprint density at radius 2 is 2.00 bits per heavy atom. The molecule has 0 aromatic heterocycles. The predicted molar refractivity (Wildman–Crippen MR) is 136 cm³/mol. The minimum Gasteiger partial charge on any atom is -0.493 e. The molecule has 9 heteroatoms. The van der Waals surface area contributed by atoms with Crippen molar-refractivity contribution in [3.63, 3.8) is 0 Å². The van der Waals surface area contributed by atoms with Gasteiger partial charge in [-0.15, -0.1) is 11.6 Å². The maximum Gasteiger partial charge on any atom is 0.209 e. The van der Waals surface area contributed by atoms with Crippen LogP contribution in [0, 0.1) is 23.2 Å². The van der Waals surface area contributed by atoms with Crippen molar-refractivity contribution in [1.29, 1.82) is 5.26 Å². The van der Waals surface area contributed by atoms with Gasteiger partial charge in [0.15, 0.2) is 5.75 Å². The van der Waals surface area contributed by atoms with Crippen molar-refractivity contribution in [1.82, 2.24) is 4.72 Å². The minimum atomic E-state index is -3.20. The number of fused-ring (bicyclic) bond motifs is 2. The third kappa shape index (κ3) is 4.99. The van der Waals surface area contributed by atoms with Gasteiger partial charge in [-0.1, -0.05) is 17.7 Å². The van der Waals surface area contributed by atoms with Gasteiger partial charge < -0.3 is 9.47 Å². The van der Waals surface area contributed by atoms with Crippen LogP contribution in [-0.2, 0) is 16.4 Å². The minimum absolute atomic E-state index is 0.162. The molecule has 0 aliphatic heterocycles. The Hall–Kier alpha value is -1.98. The smallest absolute Gasteiger partial charge is 0.209 e. The molecule has 0 heterocycles. The molecule has 3 saturated carbocycles. The molecule has 2 atom stereocenters. The first-order valence-corrected chi connectivity index (χ1v) is 14.7. The van der Waals surface area contributed by atoms with Crippen LogP contribution in [0.15, 0.2) is 30.3 Å². The van der Waals surface area contributed by atoms with Crippen LogP contribution in [0.4, 0.5) is 0 Å². The van der Waals surface area contributed by atoms with Crippen LogP contribution < -0.4 is 14.2 Å². The van der Waals surface area contributed by atoms with E-state index in [0.29, 0.717) is 47.3 Å². The highest BCUT2D eigenvalue weighted by atomic mass is 35.5. The molecule has 1 N–H and O–H groups in total. The van der Waals surface area contributed by atoms with Crippen LogP contribution in [0.1, 0.15) is 53.9 Å². The molecular formula is C26H28Cl2N2O4S. The number of benzene rings is 2. The molecule has 0 amide bonds. The molecule has 6 rings (SSSR count). The number of nitrogens with one attached hydrogen (secondary N) is 1. The van der Waals surface area contributed by atoms with Gasteiger partial charge in [0.1, 0.15) is 18.4 Å². The average molecular weight is 535 g/mol. The first-order valence-electron chi connectivity index (χ1n) is 11.9.